The van der Waals surface area contributed by atoms with Crippen molar-refractivity contribution in [2.75, 3.05) is 20.3 Å². The molecular weight excluding hydrogens is 390 g/mol. The number of carbonyl (C=O) groups excluding carboxylic acids is 2. The van der Waals surface area contributed by atoms with Gasteiger partial charge in [0, 0.05) is 18.0 Å². The third kappa shape index (κ3) is 4.36. The zero-order valence-electron chi connectivity index (χ0n) is 18.0. The number of para-hydroxylation sites is 1. The van der Waals surface area contributed by atoms with Crippen LogP contribution in [-0.4, -0.2) is 32.1 Å². The van der Waals surface area contributed by atoms with Gasteiger partial charge in [0.15, 0.2) is 0 Å². The monoisotopic (exact) mass is 419 g/mol. The molecule has 2 atom stereocenters. The number of ether oxygens (including phenoxy) is 2. The summed E-state index contributed by atoms with van der Waals surface area (Å²) in [6.07, 6.45) is 3.88. The van der Waals surface area contributed by atoms with Gasteiger partial charge in [-0.25, -0.2) is 0 Å². The molecule has 5 heteroatoms. The van der Waals surface area contributed by atoms with E-state index >= 15 is 0 Å². The molecule has 1 aliphatic carbocycles. The standard InChI is InChI=1S/C26H29NO4/c1-18-15-22-17-31-25(29)26(22,16-18)13-11-19-7-9-21(10-8-19)24(28)27-14-12-20-5-3-4-6-23(20)30-2/h3-10,22H,1,11-17H2,2H3,(H,27,28)/t22-,26-/m1/s1. The maximum absolute atomic E-state index is 12.5. The van der Waals surface area contributed by atoms with Crippen LogP contribution < -0.4 is 10.1 Å². The minimum Gasteiger partial charge on any atom is -0.496 e. The molecule has 1 saturated carbocycles. The fourth-order valence-corrected chi connectivity index (χ4v) is 4.89. The number of hydrogen-bond acceptors (Lipinski definition) is 4. The average molecular weight is 420 g/mol. The molecule has 1 N–H and O–H groups in total. The number of cyclic esters (lactones) is 1. The number of rotatable bonds is 8. The molecule has 0 radical (unpaired) electrons. The number of aryl methyl sites for hydroxylation is 1. The van der Waals surface area contributed by atoms with Crippen molar-refractivity contribution in [2.45, 2.75) is 32.1 Å². The number of allylic oxidation sites excluding steroid dienone is 1. The van der Waals surface area contributed by atoms with Gasteiger partial charge in [-0.2, -0.15) is 0 Å². The minimum absolute atomic E-state index is 0.0674. The summed E-state index contributed by atoms with van der Waals surface area (Å²) in [6.45, 7) is 5.15. The summed E-state index contributed by atoms with van der Waals surface area (Å²) in [4.78, 5) is 24.9. The molecular formula is C26H29NO4. The van der Waals surface area contributed by atoms with Gasteiger partial charge < -0.3 is 14.8 Å². The SMILES string of the molecule is C=C1C[C@@H]2COC(=O)[C@]2(CCc2ccc(C(=O)NCCc3ccccc3OC)cc2)C1. The molecule has 31 heavy (non-hydrogen) atoms. The lowest BCUT2D eigenvalue weighted by Crippen LogP contribution is -2.29. The van der Waals surface area contributed by atoms with Crippen LogP contribution in [0.3, 0.4) is 0 Å². The van der Waals surface area contributed by atoms with E-state index < -0.39 is 5.41 Å². The maximum Gasteiger partial charge on any atom is 0.312 e. The Balaban J connectivity index is 1.30. The Morgan fingerprint density at radius 1 is 1.19 bits per heavy atom. The van der Waals surface area contributed by atoms with Crippen molar-refractivity contribution in [3.05, 3.63) is 77.4 Å². The summed E-state index contributed by atoms with van der Waals surface area (Å²) in [5, 5.41) is 2.97. The molecule has 0 unspecified atom stereocenters. The van der Waals surface area contributed by atoms with Gasteiger partial charge in [-0.15, -0.1) is 0 Å². The van der Waals surface area contributed by atoms with Gasteiger partial charge in [0.1, 0.15) is 5.75 Å². The molecule has 2 aromatic carbocycles. The molecule has 0 bridgehead atoms. The lowest BCUT2D eigenvalue weighted by Gasteiger charge is -2.23. The lowest BCUT2D eigenvalue weighted by atomic mass is 9.75. The van der Waals surface area contributed by atoms with Crippen molar-refractivity contribution in [3.63, 3.8) is 0 Å². The molecule has 2 aliphatic rings. The Morgan fingerprint density at radius 3 is 2.74 bits per heavy atom. The number of fused-ring (bicyclic) bond motifs is 1. The third-order valence-electron chi connectivity index (χ3n) is 6.65. The van der Waals surface area contributed by atoms with Crippen molar-refractivity contribution in [3.8, 4) is 5.75 Å². The van der Waals surface area contributed by atoms with Crippen LogP contribution in [0.15, 0.2) is 60.7 Å². The van der Waals surface area contributed by atoms with Crippen LogP contribution in [-0.2, 0) is 22.4 Å². The Labute approximate surface area is 183 Å². The van der Waals surface area contributed by atoms with E-state index in [9.17, 15) is 9.59 Å². The zero-order valence-corrected chi connectivity index (χ0v) is 18.0. The Morgan fingerprint density at radius 2 is 1.97 bits per heavy atom. The summed E-state index contributed by atoms with van der Waals surface area (Å²) < 4.78 is 10.7. The van der Waals surface area contributed by atoms with Crippen molar-refractivity contribution < 1.29 is 19.1 Å². The van der Waals surface area contributed by atoms with Crippen LogP contribution in [0.4, 0.5) is 0 Å². The quantitative estimate of drug-likeness (QED) is 0.517. The summed E-state index contributed by atoms with van der Waals surface area (Å²) in [5.41, 5.74) is 3.58. The number of benzene rings is 2. The van der Waals surface area contributed by atoms with Crippen molar-refractivity contribution in [2.24, 2.45) is 11.3 Å². The molecule has 5 nitrogen and oxygen atoms in total. The third-order valence-corrected chi connectivity index (χ3v) is 6.65. The highest BCUT2D eigenvalue weighted by Gasteiger charge is 2.55. The Kier molecular flexibility index (Phi) is 6.12. The number of amides is 1. The lowest BCUT2D eigenvalue weighted by molar-refractivity contribution is -0.146. The second-order valence-electron chi connectivity index (χ2n) is 8.60. The highest BCUT2D eigenvalue weighted by molar-refractivity contribution is 5.94. The predicted octanol–water partition coefficient (Wildman–Crippen LogP) is 4.11. The molecule has 162 valence electrons. The van der Waals surface area contributed by atoms with Crippen LogP contribution in [0.1, 0.15) is 40.7 Å². The summed E-state index contributed by atoms with van der Waals surface area (Å²) in [6, 6.07) is 15.5. The van der Waals surface area contributed by atoms with E-state index in [1.807, 2.05) is 48.5 Å². The normalized spacial score (nSPS) is 22.2. The number of methoxy groups -OCH3 is 1. The van der Waals surface area contributed by atoms with E-state index in [4.69, 9.17) is 9.47 Å². The first kappa shape index (κ1) is 21.2. The molecule has 0 spiro atoms. The van der Waals surface area contributed by atoms with Gasteiger partial charge in [0.25, 0.3) is 5.91 Å². The van der Waals surface area contributed by atoms with Crippen LogP contribution >= 0.6 is 0 Å². The molecule has 1 aliphatic heterocycles. The largest absolute Gasteiger partial charge is 0.496 e. The highest BCUT2D eigenvalue weighted by atomic mass is 16.5. The minimum atomic E-state index is -0.397. The van der Waals surface area contributed by atoms with E-state index in [0.717, 1.165) is 48.1 Å². The van der Waals surface area contributed by atoms with E-state index in [1.165, 1.54) is 0 Å². The number of esters is 1. The molecule has 2 fully saturated rings. The van der Waals surface area contributed by atoms with Gasteiger partial charge in [0.2, 0.25) is 0 Å². The van der Waals surface area contributed by atoms with E-state index in [-0.39, 0.29) is 17.8 Å². The molecule has 1 saturated heterocycles. The van der Waals surface area contributed by atoms with Gasteiger partial charge in [-0.1, -0.05) is 42.5 Å². The second-order valence-corrected chi connectivity index (χ2v) is 8.60. The molecule has 0 aromatic heterocycles. The first-order chi connectivity index (χ1) is 15.0. The fourth-order valence-electron chi connectivity index (χ4n) is 4.89. The van der Waals surface area contributed by atoms with Gasteiger partial charge >= 0.3 is 5.97 Å². The van der Waals surface area contributed by atoms with Crippen molar-refractivity contribution in [1.82, 2.24) is 5.32 Å². The second kappa shape index (κ2) is 8.96. The van der Waals surface area contributed by atoms with Crippen LogP contribution in [0.2, 0.25) is 0 Å². The number of nitrogens with one attached hydrogen (secondary N) is 1. The average Bonchev–Trinajstić information content (AvgIpc) is 3.27. The summed E-state index contributed by atoms with van der Waals surface area (Å²) >= 11 is 0. The van der Waals surface area contributed by atoms with E-state index in [1.54, 1.807) is 7.11 Å². The van der Waals surface area contributed by atoms with Gasteiger partial charge in [0.05, 0.1) is 19.1 Å². The van der Waals surface area contributed by atoms with Crippen LogP contribution in [0.25, 0.3) is 0 Å². The van der Waals surface area contributed by atoms with E-state index in [2.05, 4.69) is 11.9 Å². The fraction of sp³-hybridized carbons (Fsp3) is 0.385. The summed E-state index contributed by atoms with van der Waals surface area (Å²) in [7, 11) is 1.65. The van der Waals surface area contributed by atoms with Crippen LogP contribution in [0.5, 0.6) is 5.75 Å². The smallest absolute Gasteiger partial charge is 0.312 e. The molecule has 1 heterocycles. The Hall–Kier alpha value is -3.08. The molecule has 4 rings (SSSR count). The molecule has 2 aromatic rings. The van der Waals surface area contributed by atoms with Crippen LogP contribution in [0, 0.1) is 11.3 Å². The molecule has 1 amide bonds. The van der Waals surface area contributed by atoms with Gasteiger partial charge in [-0.05, 0) is 61.4 Å². The predicted molar refractivity (Wildman–Crippen MR) is 119 cm³/mol. The summed E-state index contributed by atoms with van der Waals surface area (Å²) in [5.74, 6) is 0.939. The van der Waals surface area contributed by atoms with Crippen molar-refractivity contribution in [1.29, 1.82) is 0 Å². The first-order valence-electron chi connectivity index (χ1n) is 10.8. The number of carbonyl (C=O) groups is 2. The van der Waals surface area contributed by atoms with E-state index in [0.29, 0.717) is 25.1 Å². The Bertz CT molecular complexity index is 981. The topological polar surface area (TPSA) is 64.6 Å². The first-order valence-corrected chi connectivity index (χ1v) is 10.8. The highest BCUT2D eigenvalue weighted by Crippen LogP contribution is 2.53. The zero-order chi connectivity index (χ0) is 21.8. The van der Waals surface area contributed by atoms with Gasteiger partial charge in [-0.3, -0.25) is 9.59 Å². The maximum atomic E-state index is 12.5. The number of hydrogen-bond donors (Lipinski definition) is 1. The van der Waals surface area contributed by atoms with Crippen molar-refractivity contribution >= 4 is 11.9 Å².